The molecule has 2 N–H and O–H groups in total. The number of hydrogen-bond donors (Lipinski definition) is 1. The highest BCUT2D eigenvalue weighted by Gasteiger charge is 2.26. The lowest BCUT2D eigenvalue weighted by Crippen LogP contribution is -2.41. The molecule has 1 unspecified atom stereocenters. The molecule has 0 spiro atoms. The van der Waals surface area contributed by atoms with Gasteiger partial charge in [-0.25, -0.2) is 4.98 Å². The number of carbonyl (C=O) groups is 1. The first-order valence-corrected chi connectivity index (χ1v) is 6.83. The standard InChI is InChI=1S/C14H22N4O/c1-3-18-9-5-6-11(18)10-17(2)14(19)12-7-4-8-16-13(12)15/h4,7-8,11H,3,5-6,9-10H2,1-2H3,(H2,15,16). The van der Waals surface area contributed by atoms with Crippen molar-refractivity contribution in [3.05, 3.63) is 23.9 Å². The van der Waals surface area contributed by atoms with E-state index in [2.05, 4.69) is 16.8 Å². The third-order valence-corrected chi connectivity index (χ3v) is 3.81. The van der Waals surface area contributed by atoms with Gasteiger partial charge in [-0.1, -0.05) is 6.92 Å². The third kappa shape index (κ3) is 3.04. The van der Waals surface area contributed by atoms with Crippen LogP contribution in [0.15, 0.2) is 18.3 Å². The van der Waals surface area contributed by atoms with Gasteiger partial charge in [0.2, 0.25) is 0 Å². The zero-order valence-corrected chi connectivity index (χ0v) is 11.7. The molecule has 104 valence electrons. The van der Waals surface area contributed by atoms with Crippen LogP contribution in [0.5, 0.6) is 0 Å². The van der Waals surface area contributed by atoms with E-state index >= 15 is 0 Å². The Bertz CT molecular complexity index is 449. The Balaban J connectivity index is 2.02. The van der Waals surface area contributed by atoms with Gasteiger partial charge in [-0.05, 0) is 38.1 Å². The van der Waals surface area contributed by atoms with Crippen molar-refractivity contribution in [3.8, 4) is 0 Å². The summed E-state index contributed by atoms with van der Waals surface area (Å²) in [6.07, 6.45) is 3.98. The van der Waals surface area contributed by atoms with Crippen LogP contribution in [-0.2, 0) is 0 Å². The van der Waals surface area contributed by atoms with E-state index in [4.69, 9.17) is 5.73 Å². The van der Waals surface area contributed by atoms with Crippen molar-refractivity contribution in [1.29, 1.82) is 0 Å². The largest absolute Gasteiger partial charge is 0.383 e. The number of nitrogens with zero attached hydrogens (tertiary/aromatic N) is 3. The molecule has 1 aliphatic rings. The van der Waals surface area contributed by atoms with Crippen molar-refractivity contribution in [1.82, 2.24) is 14.8 Å². The van der Waals surface area contributed by atoms with Crippen LogP contribution in [0.25, 0.3) is 0 Å². The summed E-state index contributed by atoms with van der Waals surface area (Å²) in [4.78, 5) is 20.5. The van der Waals surface area contributed by atoms with Gasteiger partial charge in [0.25, 0.3) is 5.91 Å². The fourth-order valence-corrected chi connectivity index (χ4v) is 2.72. The van der Waals surface area contributed by atoms with Crippen molar-refractivity contribution >= 4 is 11.7 Å². The number of aromatic nitrogens is 1. The number of anilines is 1. The Morgan fingerprint density at radius 3 is 3.11 bits per heavy atom. The molecule has 5 heteroatoms. The Kier molecular flexibility index (Phi) is 4.37. The average molecular weight is 262 g/mol. The first-order chi connectivity index (χ1) is 9.13. The number of rotatable bonds is 4. The van der Waals surface area contributed by atoms with Gasteiger partial charge in [-0.2, -0.15) is 0 Å². The number of pyridine rings is 1. The van der Waals surface area contributed by atoms with E-state index in [1.807, 2.05) is 7.05 Å². The second kappa shape index (κ2) is 6.02. The molecule has 1 aromatic rings. The van der Waals surface area contributed by atoms with Gasteiger partial charge in [0.1, 0.15) is 5.82 Å². The van der Waals surface area contributed by atoms with E-state index in [1.165, 1.54) is 6.42 Å². The molecule has 0 aromatic carbocycles. The maximum Gasteiger partial charge on any atom is 0.257 e. The fourth-order valence-electron chi connectivity index (χ4n) is 2.72. The number of hydrogen-bond acceptors (Lipinski definition) is 4. The average Bonchev–Trinajstić information content (AvgIpc) is 2.85. The first-order valence-electron chi connectivity index (χ1n) is 6.83. The maximum atomic E-state index is 12.3. The van der Waals surface area contributed by atoms with Crippen molar-refractivity contribution in [3.63, 3.8) is 0 Å². The van der Waals surface area contributed by atoms with Crippen LogP contribution in [0.3, 0.4) is 0 Å². The molecule has 1 aliphatic heterocycles. The molecule has 2 rings (SSSR count). The van der Waals surface area contributed by atoms with Crippen LogP contribution in [0, 0.1) is 0 Å². The highest BCUT2D eigenvalue weighted by atomic mass is 16.2. The molecule has 2 heterocycles. The summed E-state index contributed by atoms with van der Waals surface area (Å²) in [6, 6.07) is 3.94. The lowest BCUT2D eigenvalue weighted by molar-refractivity contribution is 0.0755. The van der Waals surface area contributed by atoms with E-state index in [9.17, 15) is 4.79 Å². The maximum absolute atomic E-state index is 12.3. The molecule has 1 saturated heterocycles. The topological polar surface area (TPSA) is 62.5 Å². The number of likely N-dealkylation sites (tertiary alicyclic amines) is 1. The quantitative estimate of drug-likeness (QED) is 0.886. The first kappa shape index (κ1) is 13.8. The molecule has 1 amide bonds. The summed E-state index contributed by atoms with van der Waals surface area (Å²) in [5, 5.41) is 0. The molecule has 0 aliphatic carbocycles. The smallest absolute Gasteiger partial charge is 0.257 e. The van der Waals surface area contributed by atoms with Crippen LogP contribution < -0.4 is 5.73 Å². The van der Waals surface area contributed by atoms with Crippen LogP contribution in [-0.4, -0.2) is 53.4 Å². The lowest BCUT2D eigenvalue weighted by Gasteiger charge is -2.27. The number of likely N-dealkylation sites (N-methyl/N-ethyl adjacent to an activating group) is 2. The summed E-state index contributed by atoms with van der Waals surface area (Å²) < 4.78 is 0. The molecule has 0 saturated carbocycles. The van der Waals surface area contributed by atoms with E-state index in [0.29, 0.717) is 17.4 Å². The van der Waals surface area contributed by atoms with Gasteiger partial charge < -0.3 is 10.6 Å². The van der Waals surface area contributed by atoms with Gasteiger partial charge in [0.15, 0.2) is 0 Å². The van der Waals surface area contributed by atoms with E-state index in [0.717, 1.165) is 26.1 Å². The number of carbonyl (C=O) groups excluding carboxylic acids is 1. The highest BCUT2D eigenvalue weighted by molar-refractivity contribution is 5.98. The molecular weight excluding hydrogens is 240 g/mol. The predicted molar refractivity (Wildman–Crippen MR) is 75.9 cm³/mol. The Hall–Kier alpha value is -1.62. The third-order valence-electron chi connectivity index (χ3n) is 3.81. The molecule has 1 atom stereocenters. The molecule has 5 nitrogen and oxygen atoms in total. The van der Waals surface area contributed by atoms with Crippen molar-refractivity contribution < 1.29 is 4.79 Å². The lowest BCUT2D eigenvalue weighted by atomic mass is 10.2. The number of amides is 1. The van der Waals surface area contributed by atoms with E-state index in [1.54, 1.807) is 23.2 Å². The summed E-state index contributed by atoms with van der Waals surface area (Å²) >= 11 is 0. The van der Waals surface area contributed by atoms with Gasteiger partial charge in [-0.15, -0.1) is 0 Å². The van der Waals surface area contributed by atoms with Crippen LogP contribution in [0.2, 0.25) is 0 Å². The Morgan fingerprint density at radius 2 is 2.42 bits per heavy atom. The van der Waals surface area contributed by atoms with Gasteiger partial charge in [0.05, 0.1) is 5.56 Å². The molecular formula is C14H22N4O. The van der Waals surface area contributed by atoms with Crippen molar-refractivity contribution in [2.24, 2.45) is 0 Å². The summed E-state index contributed by atoms with van der Waals surface area (Å²) in [7, 11) is 1.83. The summed E-state index contributed by atoms with van der Waals surface area (Å²) in [6.45, 7) is 5.10. The summed E-state index contributed by atoms with van der Waals surface area (Å²) in [5.74, 6) is 0.256. The summed E-state index contributed by atoms with van der Waals surface area (Å²) in [5.41, 5.74) is 6.24. The molecule has 0 bridgehead atoms. The van der Waals surface area contributed by atoms with E-state index in [-0.39, 0.29) is 5.91 Å². The number of nitrogens with two attached hydrogens (primary N) is 1. The van der Waals surface area contributed by atoms with Crippen molar-refractivity contribution in [2.75, 3.05) is 32.4 Å². The number of nitrogen functional groups attached to an aromatic ring is 1. The van der Waals surface area contributed by atoms with Crippen LogP contribution >= 0.6 is 0 Å². The monoisotopic (exact) mass is 262 g/mol. The second-order valence-corrected chi connectivity index (χ2v) is 5.05. The fraction of sp³-hybridized carbons (Fsp3) is 0.571. The Labute approximate surface area is 114 Å². The highest BCUT2D eigenvalue weighted by Crippen LogP contribution is 2.18. The molecule has 0 radical (unpaired) electrons. The van der Waals surface area contributed by atoms with Gasteiger partial charge >= 0.3 is 0 Å². The molecule has 1 aromatic heterocycles. The minimum Gasteiger partial charge on any atom is -0.383 e. The zero-order valence-electron chi connectivity index (χ0n) is 11.7. The molecule has 19 heavy (non-hydrogen) atoms. The molecule has 1 fully saturated rings. The second-order valence-electron chi connectivity index (χ2n) is 5.05. The minimum absolute atomic E-state index is 0.0476. The van der Waals surface area contributed by atoms with Crippen LogP contribution in [0.4, 0.5) is 5.82 Å². The normalized spacial score (nSPS) is 19.6. The van der Waals surface area contributed by atoms with Gasteiger partial charge in [0, 0.05) is 25.8 Å². The zero-order chi connectivity index (χ0) is 13.8. The minimum atomic E-state index is -0.0476. The SMILES string of the molecule is CCN1CCCC1CN(C)C(=O)c1cccnc1N. The van der Waals surface area contributed by atoms with E-state index < -0.39 is 0 Å². The predicted octanol–water partition coefficient (Wildman–Crippen LogP) is 1.22. The van der Waals surface area contributed by atoms with Crippen molar-refractivity contribution in [2.45, 2.75) is 25.8 Å². The Morgan fingerprint density at radius 1 is 1.63 bits per heavy atom. The van der Waals surface area contributed by atoms with Crippen LogP contribution in [0.1, 0.15) is 30.1 Å². The van der Waals surface area contributed by atoms with Gasteiger partial charge in [-0.3, -0.25) is 9.69 Å².